The molecule has 20 heavy (non-hydrogen) atoms. The summed E-state index contributed by atoms with van der Waals surface area (Å²) in [6.07, 6.45) is 0.638. The van der Waals surface area contributed by atoms with E-state index >= 15 is 0 Å². The Balaban J connectivity index is 1.81. The summed E-state index contributed by atoms with van der Waals surface area (Å²) in [6, 6.07) is 0. The number of rotatable bonds is 2. The topological polar surface area (TPSA) is 129 Å². The standard InChI is InChI=1S/C11H13N5O4/c12-8-5-9(14-3-13-5)15-4-16(8)10-6-7(18)11(1-17,20-10)2-19-6/h3-4,6-7,10,12,17-18H,1-2H2,(H,13,14)/t6-,7+,10+,11+/m0/s1. The summed E-state index contributed by atoms with van der Waals surface area (Å²) >= 11 is 0. The first-order chi connectivity index (χ1) is 9.66. The van der Waals surface area contributed by atoms with Gasteiger partial charge < -0.3 is 24.7 Å². The molecule has 2 aromatic heterocycles. The van der Waals surface area contributed by atoms with Crippen molar-refractivity contribution in [2.24, 2.45) is 0 Å². The second-order valence-electron chi connectivity index (χ2n) is 5.05. The van der Waals surface area contributed by atoms with Crippen LogP contribution in [0.5, 0.6) is 0 Å². The molecular formula is C11H13N5O4. The van der Waals surface area contributed by atoms with Crippen LogP contribution in [0.15, 0.2) is 12.7 Å². The van der Waals surface area contributed by atoms with E-state index < -0.39 is 24.0 Å². The maximum Gasteiger partial charge on any atom is 0.182 e. The van der Waals surface area contributed by atoms with E-state index in [0.717, 1.165) is 0 Å². The number of hydrogen-bond acceptors (Lipinski definition) is 7. The Morgan fingerprint density at radius 3 is 3.15 bits per heavy atom. The predicted octanol–water partition coefficient (Wildman–Crippen LogP) is -1.74. The van der Waals surface area contributed by atoms with Crippen LogP contribution in [0.1, 0.15) is 6.23 Å². The van der Waals surface area contributed by atoms with Crippen LogP contribution >= 0.6 is 0 Å². The van der Waals surface area contributed by atoms with Gasteiger partial charge in [-0.2, -0.15) is 0 Å². The minimum atomic E-state index is -1.11. The van der Waals surface area contributed by atoms with Crippen molar-refractivity contribution < 1.29 is 19.7 Å². The third-order valence-electron chi connectivity index (χ3n) is 3.97. The third-order valence-corrected chi connectivity index (χ3v) is 3.97. The van der Waals surface area contributed by atoms with E-state index in [9.17, 15) is 10.2 Å². The first-order valence-corrected chi connectivity index (χ1v) is 6.19. The van der Waals surface area contributed by atoms with Crippen LogP contribution in [0.4, 0.5) is 0 Å². The zero-order chi connectivity index (χ0) is 13.9. The van der Waals surface area contributed by atoms with E-state index in [1.165, 1.54) is 17.2 Å². The lowest BCUT2D eigenvalue weighted by Gasteiger charge is -2.29. The highest BCUT2D eigenvalue weighted by Gasteiger charge is 2.61. The van der Waals surface area contributed by atoms with Crippen molar-refractivity contribution in [2.75, 3.05) is 13.2 Å². The first-order valence-electron chi connectivity index (χ1n) is 6.19. The summed E-state index contributed by atoms with van der Waals surface area (Å²) in [5.74, 6) is 0. The quantitative estimate of drug-likeness (QED) is 0.516. The van der Waals surface area contributed by atoms with Gasteiger partial charge in [-0.25, -0.2) is 9.97 Å². The molecule has 4 N–H and O–H groups in total. The SMILES string of the molecule is N=c1c2[nH]cnc2ncn1[C@@H]1O[C@]2(CO)CO[C@H]1[C@H]2O. The number of aliphatic hydroxyl groups excluding tert-OH is 2. The summed E-state index contributed by atoms with van der Waals surface area (Å²) in [5, 5.41) is 27.7. The second-order valence-corrected chi connectivity index (χ2v) is 5.05. The Kier molecular flexibility index (Phi) is 2.31. The monoisotopic (exact) mass is 279 g/mol. The molecule has 4 atom stereocenters. The first kappa shape index (κ1) is 12.0. The van der Waals surface area contributed by atoms with Crippen LogP contribution in [0.25, 0.3) is 11.2 Å². The number of nitrogens with one attached hydrogen (secondary N) is 2. The fraction of sp³-hybridized carbons (Fsp3) is 0.545. The summed E-state index contributed by atoms with van der Waals surface area (Å²) in [4.78, 5) is 10.9. The molecule has 2 aromatic rings. The van der Waals surface area contributed by atoms with Crippen molar-refractivity contribution in [3.05, 3.63) is 18.1 Å². The molecule has 0 unspecified atom stereocenters. The number of fused-ring (bicyclic) bond motifs is 3. The number of hydrogen-bond donors (Lipinski definition) is 4. The lowest BCUT2D eigenvalue weighted by molar-refractivity contribution is -0.187. The Bertz CT molecular complexity index is 727. The van der Waals surface area contributed by atoms with Crippen molar-refractivity contribution >= 4 is 11.2 Å². The highest BCUT2D eigenvalue weighted by molar-refractivity contribution is 5.67. The number of nitrogens with zero attached hydrogens (tertiary/aromatic N) is 3. The maximum absolute atomic E-state index is 10.1. The average Bonchev–Trinajstić information content (AvgIpc) is 3.13. The fourth-order valence-corrected chi connectivity index (χ4v) is 2.81. The number of H-pyrrole nitrogens is 1. The minimum absolute atomic E-state index is 0.133. The lowest BCUT2D eigenvalue weighted by atomic mass is 10.0. The zero-order valence-electron chi connectivity index (χ0n) is 10.4. The van der Waals surface area contributed by atoms with Gasteiger partial charge in [-0.15, -0.1) is 0 Å². The molecule has 0 aromatic carbocycles. The number of ether oxygens (including phenoxy) is 2. The third kappa shape index (κ3) is 1.32. The van der Waals surface area contributed by atoms with Crippen LogP contribution in [-0.4, -0.2) is 60.8 Å². The molecule has 9 heteroatoms. The van der Waals surface area contributed by atoms with Crippen LogP contribution in [0.3, 0.4) is 0 Å². The van der Waals surface area contributed by atoms with E-state index in [4.69, 9.17) is 14.9 Å². The zero-order valence-corrected chi connectivity index (χ0v) is 10.4. The van der Waals surface area contributed by atoms with Crippen LogP contribution in [0, 0.1) is 5.41 Å². The summed E-state index contributed by atoms with van der Waals surface area (Å²) in [6.45, 7) is -0.200. The van der Waals surface area contributed by atoms with Gasteiger partial charge in [0.1, 0.15) is 29.7 Å². The van der Waals surface area contributed by atoms with Crippen molar-refractivity contribution in [3.8, 4) is 0 Å². The molecule has 4 rings (SSSR count). The van der Waals surface area contributed by atoms with Gasteiger partial charge in [-0.05, 0) is 0 Å². The van der Waals surface area contributed by atoms with E-state index in [-0.39, 0.29) is 18.7 Å². The van der Waals surface area contributed by atoms with Gasteiger partial charge >= 0.3 is 0 Å². The Labute approximate surface area is 112 Å². The van der Waals surface area contributed by atoms with Gasteiger partial charge in [-0.1, -0.05) is 0 Å². The van der Waals surface area contributed by atoms with Gasteiger partial charge in [0.05, 0.1) is 19.5 Å². The highest BCUT2D eigenvalue weighted by Crippen LogP contribution is 2.44. The number of aliphatic hydroxyl groups is 2. The Hall–Kier alpha value is -1.81. The Morgan fingerprint density at radius 2 is 2.40 bits per heavy atom. The predicted molar refractivity (Wildman–Crippen MR) is 63.4 cm³/mol. The van der Waals surface area contributed by atoms with Gasteiger partial charge in [0.25, 0.3) is 0 Å². The van der Waals surface area contributed by atoms with Crippen LogP contribution in [-0.2, 0) is 9.47 Å². The average molecular weight is 279 g/mol. The van der Waals surface area contributed by atoms with Gasteiger partial charge in [0.2, 0.25) is 0 Å². The van der Waals surface area contributed by atoms with Crippen molar-refractivity contribution in [3.63, 3.8) is 0 Å². The molecule has 2 saturated heterocycles. The van der Waals surface area contributed by atoms with Gasteiger partial charge in [0, 0.05) is 0 Å². The normalized spacial score (nSPS) is 36.0. The van der Waals surface area contributed by atoms with Crippen molar-refractivity contribution in [1.82, 2.24) is 19.5 Å². The molecule has 2 fully saturated rings. The molecular weight excluding hydrogens is 266 g/mol. The van der Waals surface area contributed by atoms with E-state index in [0.29, 0.717) is 11.2 Å². The van der Waals surface area contributed by atoms with E-state index in [1.807, 2.05) is 0 Å². The van der Waals surface area contributed by atoms with Gasteiger partial charge in [0.15, 0.2) is 17.4 Å². The molecule has 106 valence electrons. The van der Waals surface area contributed by atoms with Gasteiger partial charge in [-0.3, -0.25) is 9.98 Å². The largest absolute Gasteiger partial charge is 0.393 e. The fourth-order valence-electron chi connectivity index (χ4n) is 2.81. The molecule has 0 radical (unpaired) electrons. The lowest BCUT2D eigenvalue weighted by Crippen LogP contribution is -2.44. The molecule has 0 aliphatic carbocycles. The summed E-state index contributed by atoms with van der Waals surface area (Å²) < 4.78 is 12.7. The summed E-state index contributed by atoms with van der Waals surface area (Å²) in [5.41, 5.74) is -0.0642. The minimum Gasteiger partial charge on any atom is -0.393 e. The molecule has 0 amide bonds. The molecule has 9 nitrogen and oxygen atoms in total. The Morgan fingerprint density at radius 1 is 1.55 bits per heavy atom. The van der Waals surface area contributed by atoms with Crippen molar-refractivity contribution in [1.29, 1.82) is 5.41 Å². The molecule has 0 saturated carbocycles. The molecule has 2 aliphatic rings. The maximum atomic E-state index is 10.1. The number of imidazole rings is 1. The van der Waals surface area contributed by atoms with E-state index in [2.05, 4.69) is 15.0 Å². The molecule has 0 spiro atoms. The highest BCUT2D eigenvalue weighted by atomic mass is 16.7. The number of aromatic amines is 1. The molecule has 4 heterocycles. The molecule has 2 bridgehead atoms. The van der Waals surface area contributed by atoms with Crippen molar-refractivity contribution in [2.45, 2.75) is 24.0 Å². The molecule has 2 aliphatic heterocycles. The van der Waals surface area contributed by atoms with Crippen LogP contribution < -0.4 is 5.49 Å². The second kappa shape index (κ2) is 3.85. The van der Waals surface area contributed by atoms with Crippen LogP contribution in [0.2, 0.25) is 0 Å². The van der Waals surface area contributed by atoms with E-state index in [1.54, 1.807) is 0 Å². The summed E-state index contributed by atoms with van der Waals surface area (Å²) in [7, 11) is 0. The number of aromatic nitrogens is 4. The smallest absolute Gasteiger partial charge is 0.182 e.